The monoisotopic (exact) mass is 124 g/mol. The van der Waals surface area contributed by atoms with E-state index in [0.717, 1.165) is 12.0 Å². The first-order valence-electron chi connectivity index (χ1n) is 3.97. The van der Waals surface area contributed by atoms with E-state index >= 15 is 0 Å². The molecular formula is C8H12O. The van der Waals surface area contributed by atoms with Gasteiger partial charge in [-0.25, -0.2) is 0 Å². The number of epoxide rings is 1. The van der Waals surface area contributed by atoms with Gasteiger partial charge in [-0.15, -0.1) is 0 Å². The molecule has 0 bridgehead atoms. The fourth-order valence-electron chi connectivity index (χ4n) is 2.31. The summed E-state index contributed by atoms with van der Waals surface area (Å²) in [4.78, 5) is 0. The fourth-order valence-corrected chi connectivity index (χ4v) is 2.31. The van der Waals surface area contributed by atoms with Crippen LogP contribution < -0.4 is 0 Å². The predicted molar refractivity (Wildman–Crippen MR) is 34.2 cm³/mol. The minimum absolute atomic E-state index is 0.441. The van der Waals surface area contributed by atoms with Crippen molar-refractivity contribution in [3.05, 3.63) is 0 Å². The molecule has 0 radical (unpaired) electrons. The topological polar surface area (TPSA) is 12.5 Å². The van der Waals surface area contributed by atoms with Crippen molar-refractivity contribution >= 4 is 0 Å². The summed E-state index contributed by atoms with van der Waals surface area (Å²) in [7, 11) is 0. The summed E-state index contributed by atoms with van der Waals surface area (Å²) < 4.78 is 5.43. The van der Waals surface area contributed by atoms with Crippen LogP contribution in [0.15, 0.2) is 0 Å². The van der Waals surface area contributed by atoms with E-state index in [-0.39, 0.29) is 0 Å². The molecule has 50 valence electrons. The largest absolute Gasteiger partial charge is 0.370 e. The lowest BCUT2D eigenvalue weighted by atomic mass is 10.0. The molecule has 3 fully saturated rings. The van der Waals surface area contributed by atoms with E-state index in [1.807, 2.05) is 0 Å². The van der Waals surface area contributed by atoms with Crippen LogP contribution in [0.3, 0.4) is 0 Å². The Bertz CT molecular complexity index is 136. The molecule has 0 amide bonds. The first-order chi connectivity index (χ1) is 4.33. The van der Waals surface area contributed by atoms with E-state index < -0.39 is 0 Å². The Morgan fingerprint density at radius 3 is 2.00 bits per heavy atom. The highest BCUT2D eigenvalue weighted by atomic mass is 16.6. The van der Waals surface area contributed by atoms with Crippen molar-refractivity contribution in [1.82, 2.24) is 0 Å². The summed E-state index contributed by atoms with van der Waals surface area (Å²) in [5.41, 5.74) is 1.26. The van der Waals surface area contributed by atoms with E-state index in [4.69, 9.17) is 4.74 Å². The number of rotatable bonds is 0. The highest BCUT2D eigenvalue weighted by molar-refractivity contribution is 5.11. The van der Waals surface area contributed by atoms with Gasteiger partial charge in [0.15, 0.2) is 0 Å². The smallest absolute Gasteiger partial charge is 0.0922 e. The summed E-state index contributed by atoms with van der Waals surface area (Å²) in [6, 6.07) is 0. The van der Waals surface area contributed by atoms with Crippen LogP contribution in [0.1, 0.15) is 32.1 Å². The van der Waals surface area contributed by atoms with Crippen LogP contribution in [0.25, 0.3) is 0 Å². The molecular weight excluding hydrogens is 112 g/mol. The molecule has 1 nitrogen and oxygen atoms in total. The second kappa shape index (κ2) is 1.07. The lowest BCUT2D eigenvalue weighted by Crippen LogP contribution is -2.03. The molecule has 9 heavy (non-hydrogen) atoms. The predicted octanol–water partition coefficient (Wildman–Crippen LogP) is 1.72. The molecule has 1 heterocycles. The molecule has 2 spiro atoms. The molecule has 2 aliphatic carbocycles. The molecule has 3 aliphatic rings. The van der Waals surface area contributed by atoms with Crippen LogP contribution in [-0.2, 0) is 4.74 Å². The molecule has 1 heteroatoms. The van der Waals surface area contributed by atoms with Crippen LogP contribution in [0.4, 0.5) is 0 Å². The summed E-state index contributed by atoms with van der Waals surface area (Å²) in [6.45, 7) is 1.08. The molecule has 0 aromatic carbocycles. The van der Waals surface area contributed by atoms with Crippen molar-refractivity contribution < 1.29 is 4.74 Å². The lowest BCUT2D eigenvalue weighted by Gasteiger charge is -2.01. The van der Waals surface area contributed by atoms with Crippen molar-refractivity contribution in [1.29, 1.82) is 0 Å². The molecule has 1 atom stereocenters. The van der Waals surface area contributed by atoms with Crippen molar-refractivity contribution in [3.63, 3.8) is 0 Å². The van der Waals surface area contributed by atoms with Gasteiger partial charge in [0.2, 0.25) is 0 Å². The first kappa shape index (κ1) is 4.73. The number of hydrogen-bond acceptors (Lipinski definition) is 1. The highest BCUT2D eigenvalue weighted by Crippen LogP contribution is 2.64. The van der Waals surface area contributed by atoms with Gasteiger partial charge in [0.1, 0.15) is 0 Å². The zero-order valence-corrected chi connectivity index (χ0v) is 5.65. The molecule has 0 aromatic rings. The molecule has 0 aromatic heterocycles. The number of ether oxygens (including phenoxy) is 1. The average Bonchev–Trinajstić information content (AvgIpc) is 2.62. The highest BCUT2D eigenvalue weighted by Gasteiger charge is 2.60. The summed E-state index contributed by atoms with van der Waals surface area (Å²) in [5.74, 6) is 0. The van der Waals surface area contributed by atoms with Gasteiger partial charge in [-0.05, 0) is 37.5 Å². The van der Waals surface area contributed by atoms with E-state index in [0.29, 0.717) is 5.60 Å². The summed E-state index contributed by atoms with van der Waals surface area (Å²) in [6.07, 6.45) is 7.23. The second-order valence-corrected chi connectivity index (χ2v) is 4.15. The van der Waals surface area contributed by atoms with Crippen molar-refractivity contribution in [2.45, 2.75) is 37.7 Å². The average molecular weight is 124 g/mol. The van der Waals surface area contributed by atoms with Gasteiger partial charge in [-0.2, -0.15) is 0 Å². The molecule has 3 rings (SSSR count). The first-order valence-corrected chi connectivity index (χ1v) is 3.97. The minimum Gasteiger partial charge on any atom is -0.370 e. The third-order valence-electron chi connectivity index (χ3n) is 3.32. The van der Waals surface area contributed by atoms with Gasteiger partial charge >= 0.3 is 0 Å². The lowest BCUT2D eigenvalue weighted by molar-refractivity contribution is 0.298. The third-order valence-corrected chi connectivity index (χ3v) is 3.32. The van der Waals surface area contributed by atoms with E-state index in [1.165, 1.54) is 32.1 Å². The van der Waals surface area contributed by atoms with Gasteiger partial charge in [-0.3, -0.25) is 0 Å². The normalized spacial score (nSPS) is 50.7. The van der Waals surface area contributed by atoms with E-state index in [9.17, 15) is 0 Å². The molecule has 2 saturated carbocycles. The van der Waals surface area contributed by atoms with Crippen molar-refractivity contribution in [3.8, 4) is 0 Å². The van der Waals surface area contributed by atoms with Crippen LogP contribution in [0.5, 0.6) is 0 Å². The third kappa shape index (κ3) is 0.536. The zero-order valence-electron chi connectivity index (χ0n) is 5.65. The van der Waals surface area contributed by atoms with Gasteiger partial charge in [0.05, 0.1) is 12.2 Å². The van der Waals surface area contributed by atoms with Crippen molar-refractivity contribution in [2.75, 3.05) is 6.61 Å². The maximum absolute atomic E-state index is 5.43. The maximum Gasteiger partial charge on any atom is 0.0922 e. The Hall–Kier alpha value is -0.0400. The van der Waals surface area contributed by atoms with Gasteiger partial charge in [-0.1, -0.05) is 0 Å². The zero-order chi connectivity index (χ0) is 5.95. The molecule has 1 unspecified atom stereocenters. The van der Waals surface area contributed by atoms with E-state index in [2.05, 4.69) is 0 Å². The quantitative estimate of drug-likeness (QED) is 0.448. The van der Waals surface area contributed by atoms with Crippen LogP contribution in [-0.4, -0.2) is 12.2 Å². The second-order valence-electron chi connectivity index (χ2n) is 4.15. The number of hydrogen-bond donors (Lipinski definition) is 0. The Balaban J connectivity index is 1.86. The SMILES string of the molecule is C1CC12CCC1(CO1)C2. The van der Waals surface area contributed by atoms with Gasteiger partial charge in [0.25, 0.3) is 0 Å². The van der Waals surface area contributed by atoms with Crippen LogP contribution >= 0.6 is 0 Å². The fraction of sp³-hybridized carbons (Fsp3) is 1.00. The van der Waals surface area contributed by atoms with Gasteiger partial charge in [0, 0.05) is 0 Å². The van der Waals surface area contributed by atoms with E-state index in [1.54, 1.807) is 0 Å². The summed E-state index contributed by atoms with van der Waals surface area (Å²) >= 11 is 0. The molecule has 1 saturated heterocycles. The maximum atomic E-state index is 5.43. The molecule has 0 N–H and O–H groups in total. The summed E-state index contributed by atoms with van der Waals surface area (Å²) in [5, 5.41) is 0. The van der Waals surface area contributed by atoms with Crippen molar-refractivity contribution in [2.24, 2.45) is 5.41 Å². The Morgan fingerprint density at radius 1 is 1.00 bits per heavy atom. The Kier molecular flexibility index (Phi) is 0.563. The standard InChI is InChI=1S/C8H12O/c1-2-7(1)3-4-8(5-7)6-9-8/h1-6H2. The molecule has 1 aliphatic heterocycles. The van der Waals surface area contributed by atoms with Crippen LogP contribution in [0.2, 0.25) is 0 Å². The Labute approximate surface area is 55.4 Å². The van der Waals surface area contributed by atoms with Gasteiger partial charge < -0.3 is 4.74 Å². The Morgan fingerprint density at radius 2 is 1.67 bits per heavy atom. The van der Waals surface area contributed by atoms with Crippen LogP contribution in [0, 0.1) is 5.41 Å². The minimum atomic E-state index is 0.441.